The van der Waals surface area contributed by atoms with Crippen molar-refractivity contribution in [1.29, 1.82) is 0 Å². The smallest absolute Gasteiger partial charge is 0.191 e. The van der Waals surface area contributed by atoms with E-state index in [1.165, 1.54) is 11.3 Å². The topological polar surface area (TPSA) is 84.4 Å². The summed E-state index contributed by atoms with van der Waals surface area (Å²) in [6, 6.07) is 6.14. The molecule has 0 bridgehead atoms. The van der Waals surface area contributed by atoms with E-state index in [1.807, 2.05) is 40.5 Å². The molecule has 0 aliphatic carbocycles. The van der Waals surface area contributed by atoms with E-state index in [2.05, 4.69) is 51.7 Å². The summed E-state index contributed by atoms with van der Waals surface area (Å²) < 4.78 is 3.95. The van der Waals surface area contributed by atoms with Gasteiger partial charge in [0.2, 0.25) is 0 Å². The minimum absolute atomic E-state index is 0.242. The fraction of sp³-hybridized carbons (Fsp3) is 0.474. The molecule has 3 aromatic rings. The summed E-state index contributed by atoms with van der Waals surface area (Å²) in [7, 11) is 3.77. The second-order valence-corrected chi connectivity index (χ2v) is 6.82. The van der Waals surface area contributed by atoms with Crippen LogP contribution in [0.4, 0.5) is 0 Å². The molecule has 2 N–H and O–H groups in total. The van der Waals surface area contributed by atoms with Crippen LogP contribution in [0.25, 0.3) is 5.65 Å². The second kappa shape index (κ2) is 8.20. The standard InChI is InChI=1S/C19H28N8/c1-13(12-16-14(2)25-26(5)15(16)3)22-19(20-4)21-10-9-18-24-23-17-8-6-7-11-27(17)18/h6-8,11,13H,9-10,12H2,1-5H3,(H2,20,21,22). The lowest BCUT2D eigenvalue weighted by Crippen LogP contribution is -2.43. The van der Waals surface area contributed by atoms with Crippen molar-refractivity contribution in [3.05, 3.63) is 47.2 Å². The Balaban J connectivity index is 1.53. The van der Waals surface area contributed by atoms with Crippen LogP contribution in [0.2, 0.25) is 0 Å². The fourth-order valence-electron chi connectivity index (χ4n) is 3.25. The molecule has 3 aromatic heterocycles. The number of hydrogen-bond acceptors (Lipinski definition) is 4. The third kappa shape index (κ3) is 4.27. The molecule has 0 amide bonds. The first-order valence-corrected chi connectivity index (χ1v) is 9.24. The van der Waals surface area contributed by atoms with Gasteiger partial charge in [-0.15, -0.1) is 10.2 Å². The molecule has 0 aliphatic heterocycles. The summed E-state index contributed by atoms with van der Waals surface area (Å²) >= 11 is 0. The Hall–Kier alpha value is -2.90. The number of aromatic nitrogens is 5. The Bertz CT molecular complexity index is 936. The summed E-state index contributed by atoms with van der Waals surface area (Å²) in [6.45, 7) is 7.06. The van der Waals surface area contributed by atoms with E-state index in [1.54, 1.807) is 7.05 Å². The summed E-state index contributed by atoms with van der Waals surface area (Å²) in [6.07, 6.45) is 3.65. The van der Waals surface area contributed by atoms with Crippen molar-refractivity contribution in [2.75, 3.05) is 13.6 Å². The number of hydrogen-bond donors (Lipinski definition) is 2. The quantitative estimate of drug-likeness (QED) is 0.508. The SMILES string of the molecule is CN=C(NCCc1nnc2ccccn12)NC(C)Cc1c(C)nn(C)c1C. The molecule has 1 unspecified atom stereocenters. The van der Waals surface area contributed by atoms with Crippen molar-refractivity contribution in [3.63, 3.8) is 0 Å². The maximum Gasteiger partial charge on any atom is 0.191 e. The molecule has 0 aromatic carbocycles. The molecule has 0 radical (unpaired) electrons. The van der Waals surface area contributed by atoms with Gasteiger partial charge in [0, 0.05) is 45.0 Å². The van der Waals surface area contributed by atoms with E-state index in [-0.39, 0.29) is 6.04 Å². The highest BCUT2D eigenvalue weighted by molar-refractivity contribution is 5.79. The molecule has 0 aliphatic rings. The zero-order valence-corrected chi connectivity index (χ0v) is 16.7. The first-order valence-electron chi connectivity index (χ1n) is 9.24. The molecule has 8 heteroatoms. The van der Waals surface area contributed by atoms with Gasteiger partial charge in [0.15, 0.2) is 11.6 Å². The van der Waals surface area contributed by atoms with Crippen LogP contribution in [0.3, 0.4) is 0 Å². The molecule has 0 saturated heterocycles. The Morgan fingerprint density at radius 1 is 1.26 bits per heavy atom. The maximum absolute atomic E-state index is 4.49. The molecule has 0 saturated carbocycles. The van der Waals surface area contributed by atoms with Gasteiger partial charge in [-0.05, 0) is 44.9 Å². The lowest BCUT2D eigenvalue weighted by Gasteiger charge is -2.18. The Morgan fingerprint density at radius 2 is 2.07 bits per heavy atom. The van der Waals surface area contributed by atoms with E-state index < -0.39 is 0 Å². The zero-order chi connectivity index (χ0) is 19.4. The van der Waals surface area contributed by atoms with Gasteiger partial charge in [-0.3, -0.25) is 14.1 Å². The van der Waals surface area contributed by atoms with Crippen LogP contribution >= 0.6 is 0 Å². The predicted octanol–water partition coefficient (Wildman–Crippen LogP) is 1.42. The lowest BCUT2D eigenvalue weighted by molar-refractivity contribution is 0.633. The zero-order valence-electron chi connectivity index (χ0n) is 16.7. The Kier molecular flexibility index (Phi) is 5.73. The highest BCUT2D eigenvalue weighted by Crippen LogP contribution is 2.14. The van der Waals surface area contributed by atoms with Gasteiger partial charge in [0.25, 0.3) is 0 Å². The van der Waals surface area contributed by atoms with Crippen molar-refractivity contribution in [2.24, 2.45) is 12.0 Å². The number of aliphatic imine (C=N–C) groups is 1. The van der Waals surface area contributed by atoms with Crippen LogP contribution in [0, 0.1) is 13.8 Å². The monoisotopic (exact) mass is 368 g/mol. The average Bonchev–Trinajstić information content (AvgIpc) is 3.17. The predicted molar refractivity (Wildman–Crippen MR) is 107 cm³/mol. The third-order valence-corrected chi connectivity index (χ3v) is 4.80. The summed E-state index contributed by atoms with van der Waals surface area (Å²) in [5.41, 5.74) is 4.46. The summed E-state index contributed by atoms with van der Waals surface area (Å²) in [5.74, 6) is 1.72. The number of fused-ring (bicyclic) bond motifs is 1. The highest BCUT2D eigenvalue weighted by atomic mass is 15.3. The number of rotatable bonds is 6. The van der Waals surface area contributed by atoms with Crippen LogP contribution in [-0.4, -0.2) is 50.0 Å². The lowest BCUT2D eigenvalue weighted by atomic mass is 10.1. The number of nitrogens with one attached hydrogen (secondary N) is 2. The second-order valence-electron chi connectivity index (χ2n) is 6.82. The number of pyridine rings is 1. The Morgan fingerprint density at radius 3 is 2.78 bits per heavy atom. The molecular formula is C19H28N8. The van der Waals surface area contributed by atoms with Crippen molar-refractivity contribution in [3.8, 4) is 0 Å². The van der Waals surface area contributed by atoms with E-state index in [0.29, 0.717) is 0 Å². The molecule has 144 valence electrons. The largest absolute Gasteiger partial charge is 0.356 e. The average molecular weight is 368 g/mol. The van der Waals surface area contributed by atoms with Crippen LogP contribution in [0.1, 0.15) is 29.7 Å². The molecule has 0 fully saturated rings. The first kappa shape index (κ1) is 18.9. The van der Waals surface area contributed by atoms with Gasteiger partial charge < -0.3 is 10.6 Å². The van der Waals surface area contributed by atoms with Gasteiger partial charge in [0.1, 0.15) is 5.82 Å². The van der Waals surface area contributed by atoms with Crippen molar-refractivity contribution < 1.29 is 0 Å². The van der Waals surface area contributed by atoms with Crippen molar-refractivity contribution in [1.82, 2.24) is 35.0 Å². The molecular weight excluding hydrogens is 340 g/mol. The van der Waals surface area contributed by atoms with E-state index in [4.69, 9.17) is 0 Å². The normalized spacial score (nSPS) is 13.1. The van der Waals surface area contributed by atoms with E-state index >= 15 is 0 Å². The number of nitrogens with zero attached hydrogens (tertiary/aromatic N) is 6. The summed E-state index contributed by atoms with van der Waals surface area (Å²) in [4.78, 5) is 4.33. The minimum Gasteiger partial charge on any atom is -0.356 e. The van der Waals surface area contributed by atoms with Gasteiger partial charge in [-0.1, -0.05) is 6.07 Å². The van der Waals surface area contributed by atoms with Crippen LogP contribution in [-0.2, 0) is 19.9 Å². The van der Waals surface area contributed by atoms with Gasteiger partial charge in [-0.2, -0.15) is 5.10 Å². The minimum atomic E-state index is 0.242. The molecule has 1 atom stereocenters. The van der Waals surface area contributed by atoms with Crippen LogP contribution < -0.4 is 10.6 Å². The summed E-state index contributed by atoms with van der Waals surface area (Å²) in [5, 5.41) is 19.8. The number of guanidine groups is 1. The van der Waals surface area contributed by atoms with Gasteiger partial charge >= 0.3 is 0 Å². The van der Waals surface area contributed by atoms with Gasteiger partial charge in [-0.25, -0.2) is 0 Å². The molecule has 3 rings (SSSR count). The molecule has 27 heavy (non-hydrogen) atoms. The maximum atomic E-state index is 4.49. The van der Waals surface area contributed by atoms with Crippen molar-refractivity contribution >= 4 is 11.6 Å². The van der Waals surface area contributed by atoms with Crippen LogP contribution in [0.5, 0.6) is 0 Å². The Labute approximate surface area is 159 Å². The number of aryl methyl sites for hydroxylation is 2. The van der Waals surface area contributed by atoms with Gasteiger partial charge in [0.05, 0.1) is 5.69 Å². The third-order valence-electron chi connectivity index (χ3n) is 4.80. The van der Waals surface area contributed by atoms with E-state index in [9.17, 15) is 0 Å². The van der Waals surface area contributed by atoms with E-state index in [0.717, 1.165) is 42.5 Å². The highest BCUT2D eigenvalue weighted by Gasteiger charge is 2.14. The molecule has 0 spiro atoms. The molecule has 3 heterocycles. The van der Waals surface area contributed by atoms with Crippen molar-refractivity contribution in [2.45, 2.75) is 39.7 Å². The van der Waals surface area contributed by atoms with Crippen LogP contribution in [0.15, 0.2) is 29.4 Å². The fourth-order valence-corrected chi connectivity index (χ4v) is 3.25. The first-order chi connectivity index (χ1) is 13.0. The molecule has 8 nitrogen and oxygen atoms in total.